The van der Waals surface area contributed by atoms with Gasteiger partial charge in [0.1, 0.15) is 0 Å². The van der Waals surface area contributed by atoms with E-state index in [0.29, 0.717) is 6.42 Å². The average Bonchev–Trinajstić information content (AvgIpc) is 2.53. The first-order chi connectivity index (χ1) is 10.3. The first-order valence-corrected chi connectivity index (χ1v) is 8.88. The summed E-state index contributed by atoms with van der Waals surface area (Å²) < 4.78 is 0. The summed E-state index contributed by atoms with van der Waals surface area (Å²) in [6.45, 7) is 1.05. The van der Waals surface area contributed by atoms with E-state index in [1.165, 1.54) is 11.3 Å². The molecule has 1 saturated heterocycles. The van der Waals surface area contributed by atoms with Gasteiger partial charge in [-0.2, -0.15) is 0 Å². The minimum absolute atomic E-state index is 0.179. The largest absolute Gasteiger partial charge is 0.396 e. The van der Waals surface area contributed by atoms with Crippen molar-refractivity contribution in [1.29, 1.82) is 0 Å². The third-order valence-corrected chi connectivity index (χ3v) is 5.06. The molecule has 116 valence electrons. The second kappa shape index (κ2) is 9.11. The van der Waals surface area contributed by atoms with Gasteiger partial charge in [-0.3, -0.25) is 4.79 Å². The predicted octanol–water partition coefficient (Wildman–Crippen LogP) is 3.32. The number of aliphatic hydroxyl groups excluding tert-OH is 1. The van der Waals surface area contributed by atoms with Gasteiger partial charge >= 0.3 is 0 Å². The first kappa shape index (κ1) is 16.4. The summed E-state index contributed by atoms with van der Waals surface area (Å²) in [5.41, 5.74) is 0. The van der Waals surface area contributed by atoms with Crippen LogP contribution in [0.5, 0.6) is 0 Å². The van der Waals surface area contributed by atoms with Gasteiger partial charge < -0.3 is 10.0 Å². The van der Waals surface area contributed by atoms with E-state index in [2.05, 4.69) is 12.1 Å². The van der Waals surface area contributed by atoms with Gasteiger partial charge in [-0.15, -0.1) is 11.8 Å². The van der Waals surface area contributed by atoms with Crippen LogP contribution in [0.25, 0.3) is 0 Å². The standard InChI is InChI=1S/C17H25NO2S/c19-13-11-15-7-4-5-12-18(15)17(20)10-6-14-21-16-8-2-1-3-9-16/h1-3,8-9,15,19H,4-7,10-14H2. The van der Waals surface area contributed by atoms with Crippen LogP contribution in [-0.2, 0) is 4.79 Å². The van der Waals surface area contributed by atoms with Crippen molar-refractivity contribution in [1.82, 2.24) is 4.90 Å². The summed E-state index contributed by atoms with van der Waals surface area (Å²) in [4.78, 5) is 15.6. The second-order valence-electron chi connectivity index (χ2n) is 5.51. The number of likely N-dealkylation sites (tertiary alicyclic amines) is 1. The highest BCUT2D eigenvalue weighted by atomic mass is 32.2. The number of hydrogen-bond acceptors (Lipinski definition) is 3. The maximum absolute atomic E-state index is 12.3. The van der Waals surface area contributed by atoms with Crippen LogP contribution < -0.4 is 0 Å². The van der Waals surface area contributed by atoms with Crippen LogP contribution in [0.1, 0.15) is 38.5 Å². The number of thioether (sulfide) groups is 1. The molecule has 1 aromatic carbocycles. The lowest BCUT2D eigenvalue weighted by molar-refractivity contribution is -0.135. The lowest BCUT2D eigenvalue weighted by Crippen LogP contribution is -2.44. The summed E-state index contributed by atoms with van der Waals surface area (Å²) in [5, 5.41) is 9.12. The number of piperidine rings is 1. The number of nitrogens with zero attached hydrogens (tertiary/aromatic N) is 1. The van der Waals surface area contributed by atoms with Crippen LogP contribution in [0.15, 0.2) is 35.2 Å². The van der Waals surface area contributed by atoms with Crippen molar-refractivity contribution < 1.29 is 9.90 Å². The third kappa shape index (κ3) is 5.36. The van der Waals surface area contributed by atoms with Crippen molar-refractivity contribution in [2.75, 3.05) is 18.9 Å². The molecule has 0 aliphatic carbocycles. The Hall–Kier alpha value is -1.00. The Bertz CT molecular complexity index is 422. The van der Waals surface area contributed by atoms with Crippen molar-refractivity contribution in [3.63, 3.8) is 0 Å². The molecule has 0 aromatic heterocycles. The Balaban J connectivity index is 1.70. The van der Waals surface area contributed by atoms with Gasteiger partial charge in [0.2, 0.25) is 5.91 Å². The van der Waals surface area contributed by atoms with E-state index in [0.717, 1.165) is 38.0 Å². The molecule has 2 rings (SSSR count). The normalized spacial score (nSPS) is 18.7. The second-order valence-corrected chi connectivity index (χ2v) is 6.68. The molecule has 4 heteroatoms. The zero-order chi connectivity index (χ0) is 14.9. The van der Waals surface area contributed by atoms with Gasteiger partial charge in [-0.25, -0.2) is 0 Å². The molecule has 1 aliphatic heterocycles. The highest BCUT2D eigenvalue weighted by Crippen LogP contribution is 2.22. The fourth-order valence-electron chi connectivity index (χ4n) is 2.85. The molecule has 21 heavy (non-hydrogen) atoms. The zero-order valence-electron chi connectivity index (χ0n) is 12.5. The monoisotopic (exact) mass is 307 g/mol. The molecule has 1 amide bonds. The summed E-state index contributed by atoms with van der Waals surface area (Å²) in [6, 6.07) is 10.6. The number of carbonyl (C=O) groups is 1. The maximum atomic E-state index is 12.3. The highest BCUT2D eigenvalue weighted by molar-refractivity contribution is 7.99. The zero-order valence-corrected chi connectivity index (χ0v) is 13.4. The summed E-state index contributed by atoms with van der Waals surface area (Å²) in [5.74, 6) is 1.25. The molecule has 1 atom stereocenters. The molecule has 1 aliphatic rings. The Labute approximate surface area is 131 Å². The minimum Gasteiger partial charge on any atom is -0.396 e. The quantitative estimate of drug-likeness (QED) is 0.620. The average molecular weight is 307 g/mol. The Morgan fingerprint density at radius 2 is 2.10 bits per heavy atom. The van der Waals surface area contributed by atoms with Crippen molar-refractivity contribution in [2.24, 2.45) is 0 Å². The van der Waals surface area contributed by atoms with Crippen LogP contribution in [0.4, 0.5) is 0 Å². The van der Waals surface area contributed by atoms with E-state index in [-0.39, 0.29) is 18.6 Å². The topological polar surface area (TPSA) is 40.5 Å². The number of amides is 1. The third-order valence-electron chi connectivity index (χ3n) is 3.96. The van der Waals surface area contributed by atoms with Crippen LogP contribution >= 0.6 is 11.8 Å². The van der Waals surface area contributed by atoms with Gasteiger partial charge in [0, 0.05) is 30.5 Å². The molecule has 1 N–H and O–H groups in total. The Morgan fingerprint density at radius 3 is 2.86 bits per heavy atom. The molecule has 0 radical (unpaired) electrons. The summed E-state index contributed by atoms with van der Waals surface area (Å²) >= 11 is 1.81. The fourth-order valence-corrected chi connectivity index (χ4v) is 3.73. The Kier molecular flexibility index (Phi) is 7.10. The number of benzene rings is 1. The number of carbonyl (C=O) groups excluding carboxylic acids is 1. The van der Waals surface area contributed by atoms with Gasteiger partial charge in [0.15, 0.2) is 0 Å². The van der Waals surface area contributed by atoms with Crippen LogP contribution in [0.3, 0.4) is 0 Å². The highest BCUT2D eigenvalue weighted by Gasteiger charge is 2.25. The molecule has 1 heterocycles. The van der Waals surface area contributed by atoms with Crippen molar-refractivity contribution in [3.05, 3.63) is 30.3 Å². The minimum atomic E-state index is 0.179. The number of hydrogen-bond donors (Lipinski definition) is 1. The van der Waals surface area contributed by atoms with E-state index >= 15 is 0 Å². The first-order valence-electron chi connectivity index (χ1n) is 7.89. The van der Waals surface area contributed by atoms with E-state index in [1.807, 2.05) is 34.9 Å². The van der Waals surface area contributed by atoms with Gasteiger partial charge in [-0.05, 0) is 50.0 Å². The molecule has 0 saturated carbocycles. The van der Waals surface area contributed by atoms with Gasteiger partial charge in [-0.1, -0.05) is 18.2 Å². The van der Waals surface area contributed by atoms with Crippen LogP contribution in [-0.4, -0.2) is 40.9 Å². The van der Waals surface area contributed by atoms with Gasteiger partial charge in [0.05, 0.1) is 0 Å². The molecular weight excluding hydrogens is 282 g/mol. The molecular formula is C17H25NO2S. The lowest BCUT2D eigenvalue weighted by Gasteiger charge is -2.35. The molecule has 1 fully saturated rings. The van der Waals surface area contributed by atoms with Gasteiger partial charge in [0.25, 0.3) is 0 Å². The van der Waals surface area contributed by atoms with Crippen LogP contribution in [0, 0.1) is 0 Å². The van der Waals surface area contributed by atoms with Crippen molar-refractivity contribution in [2.45, 2.75) is 49.5 Å². The number of aliphatic hydroxyl groups is 1. The van der Waals surface area contributed by atoms with E-state index in [4.69, 9.17) is 5.11 Å². The van der Waals surface area contributed by atoms with Crippen LogP contribution in [0.2, 0.25) is 0 Å². The van der Waals surface area contributed by atoms with E-state index in [1.54, 1.807) is 0 Å². The van der Waals surface area contributed by atoms with Crippen molar-refractivity contribution in [3.8, 4) is 0 Å². The Morgan fingerprint density at radius 1 is 1.29 bits per heavy atom. The van der Waals surface area contributed by atoms with Crippen molar-refractivity contribution >= 4 is 17.7 Å². The maximum Gasteiger partial charge on any atom is 0.222 e. The summed E-state index contributed by atoms with van der Waals surface area (Å²) in [6.07, 6.45) is 5.60. The van der Waals surface area contributed by atoms with E-state index in [9.17, 15) is 4.79 Å². The lowest BCUT2D eigenvalue weighted by atomic mass is 9.99. The van der Waals surface area contributed by atoms with E-state index < -0.39 is 0 Å². The summed E-state index contributed by atoms with van der Waals surface area (Å²) in [7, 11) is 0. The molecule has 3 nitrogen and oxygen atoms in total. The molecule has 0 bridgehead atoms. The SMILES string of the molecule is O=C(CCCSc1ccccc1)N1CCCCC1CCO. The predicted molar refractivity (Wildman–Crippen MR) is 87.5 cm³/mol. The molecule has 0 spiro atoms. The number of rotatable bonds is 7. The molecule has 1 unspecified atom stereocenters. The smallest absolute Gasteiger partial charge is 0.222 e. The fraction of sp³-hybridized carbons (Fsp3) is 0.588. The molecule has 1 aromatic rings.